The fraction of sp³-hybridized carbons (Fsp3) is 0.650. The molecule has 1 amide bonds. The zero-order valence-corrected chi connectivity index (χ0v) is 16.9. The Bertz CT molecular complexity index is 625. The van der Waals surface area contributed by atoms with Gasteiger partial charge >= 0.3 is 0 Å². The van der Waals surface area contributed by atoms with E-state index in [1.54, 1.807) is 0 Å². The maximum absolute atomic E-state index is 13.3. The van der Waals surface area contributed by atoms with Crippen LogP contribution in [0, 0.1) is 5.41 Å². The van der Waals surface area contributed by atoms with Crippen molar-refractivity contribution in [1.29, 1.82) is 0 Å². The van der Waals surface area contributed by atoms with Gasteiger partial charge in [0.2, 0.25) is 5.91 Å². The van der Waals surface area contributed by atoms with Crippen LogP contribution in [0.3, 0.4) is 0 Å². The molecule has 1 aromatic rings. The Morgan fingerprint density at radius 3 is 2.54 bits per heavy atom. The van der Waals surface area contributed by atoms with Gasteiger partial charge in [-0.25, -0.2) is 0 Å². The average molecular weight is 383 g/mol. The summed E-state index contributed by atoms with van der Waals surface area (Å²) in [6.07, 6.45) is 0.490. The molecule has 5 nitrogen and oxygen atoms in total. The van der Waals surface area contributed by atoms with Gasteiger partial charge in [-0.05, 0) is 19.4 Å². The van der Waals surface area contributed by atoms with Gasteiger partial charge in [0.1, 0.15) is 11.6 Å². The second-order valence-electron chi connectivity index (χ2n) is 7.90. The molecule has 1 aliphatic carbocycles. The average Bonchev–Trinajstić information content (AvgIpc) is 2.61. The summed E-state index contributed by atoms with van der Waals surface area (Å²) in [4.78, 5) is 15.2. The Morgan fingerprint density at radius 1 is 1.31 bits per heavy atom. The molecule has 1 saturated carbocycles. The quantitative estimate of drug-likeness (QED) is 0.869. The van der Waals surface area contributed by atoms with Gasteiger partial charge < -0.3 is 20.1 Å². The maximum Gasteiger partial charge on any atom is 0.243 e. The van der Waals surface area contributed by atoms with Crippen LogP contribution in [-0.2, 0) is 14.3 Å². The van der Waals surface area contributed by atoms with Crippen LogP contribution in [0.2, 0.25) is 0 Å². The van der Waals surface area contributed by atoms with Crippen LogP contribution in [0.1, 0.15) is 45.8 Å². The highest BCUT2D eigenvalue weighted by atomic mass is 35.5. The minimum absolute atomic E-state index is 0. The van der Waals surface area contributed by atoms with Crippen molar-refractivity contribution in [2.45, 2.75) is 58.0 Å². The first kappa shape index (κ1) is 21.2. The number of ether oxygens (including phenoxy) is 2. The molecule has 6 heteroatoms. The van der Waals surface area contributed by atoms with Crippen molar-refractivity contribution in [3.63, 3.8) is 0 Å². The Hall–Kier alpha value is -1.14. The molecular weight excluding hydrogens is 352 g/mol. The van der Waals surface area contributed by atoms with E-state index in [4.69, 9.17) is 15.2 Å². The van der Waals surface area contributed by atoms with Crippen LogP contribution >= 0.6 is 12.4 Å². The third kappa shape index (κ3) is 3.50. The molecule has 0 bridgehead atoms. The van der Waals surface area contributed by atoms with Crippen LogP contribution < -0.4 is 5.73 Å². The second-order valence-corrected chi connectivity index (χ2v) is 7.90. The standard InChI is InChI=1S/C20H30N2O3.ClH/c1-5-24-17-11-20(21,19(17,3)4)18(23)22-12-14(2)25-16(13-22)15-9-7-6-8-10-15;/h6-10,14,16-17H,5,11-13,21H2,1-4H3;1H. The minimum atomic E-state index is -0.870. The molecular formula is C20H31ClN2O3. The summed E-state index contributed by atoms with van der Waals surface area (Å²) in [5.41, 5.74) is 6.45. The van der Waals surface area contributed by atoms with E-state index in [2.05, 4.69) is 0 Å². The van der Waals surface area contributed by atoms with Gasteiger partial charge in [0.05, 0.1) is 18.8 Å². The molecule has 2 N–H and O–H groups in total. The molecule has 4 atom stereocenters. The van der Waals surface area contributed by atoms with Crippen molar-refractivity contribution in [3.05, 3.63) is 35.9 Å². The topological polar surface area (TPSA) is 64.8 Å². The van der Waals surface area contributed by atoms with Crippen LogP contribution in [0.15, 0.2) is 30.3 Å². The normalized spacial score (nSPS) is 33.1. The fourth-order valence-electron chi connectivity index (χ4n) is 4.05. The first-order chi connectivity index (χ1) is 11.8. The molecule has 3 rings (SSSR count). The van der Waals surface area contributed by atoms with E-state index in [-0.39, 0.29) is 42.0 Å². The lowest BCUT2D eigenvalue weighted by molar-refractivity contribution is -0.187. The molecule has 2 fully saturated rings. The molecule has 1 aromatic carbocycles. The molecule has 1 saturated heterocycles. The van der Waals surface area contributed by atoms with Crippen LogP contribution in [-0.4, -0.2) is 48.3 Å². The molecule has 1 heterocycles. The summed E-state index contributed by atoms with van der Waals surface area (Å²) in [5, 5.41) is 0. The number of hydrogen-bond acceptors (Lipinski definition) is 4. The van der Waals surface area contributed by atoms with E-state index < -0.39 is 5.54 Å². The number of amides is 1. The highest BCUT2D eigenvalue weighted by Gasteiger charge is 2.64. The smallest absolute Gasteiger partial charge is 0.243 e. The lowest BCUT2D eigenvalue weighted by atomic mass is 9.54. The molecule has 26 heavy (non-hydrogen) atoms. The van der Waals surface area contributed by atoms with Crippen LogP contribution in [0.25, 0.3) is 0 Å². The Morgan fingerprint density at radius 2 is 1.96 bits per heavy atom. The van der Waals surface area contributed by atoms with Gasteiger partial charge in [0.25, 0.3) is 0 Å². The number of nitrogens with two attached hydrogens (primary N) is 1. The lowest BCUT2D eigenvalue weighted by Gasteiger charge is -2.59. The monoisotopic (exact) mass is 382 g/mol. The Balaban J connectivity index is 0.00000243. The van der Waals surface area contributed by atoms with E-state index in [9.17, 15) is 4.79 Å². The van der Waals surface area contributed by atoms with Gasteiger partial charge in [0.15, 0.2) is 0 Å². The summed E-state index contributed by atoms with van der Waals surface area (Å²) in [7, 11) is 0. The highest BCUT2D eigenvalue weighted by Crippen LogP contribution is 2.51. The first-order valence-electron chi connectivity index (χ1n) is 9.20. The predicted octanol–water partition coefficient (Wildman–Crippen LogP) is 2.93. The van der Waals surface area contributed by atoms with E-state index in [0.717, 1.165) is 5.56 Å². The van der Waals surface area contributed by atoms with Gasteiger partial charge in [-0.3, -0.25) is 4.79 Å². The van der Waals surface area contributed by atoms with E-state index in [0.29, 0.717) is 26.1 Å². The number of morpholine rings is 1. The third-order valence-electron chi connectivity index (χ3n) is 5.93. The largest absolute Gasteiger partial charge is 0.378 e. The van der Waals surface area contributed by atoms with Gasteiger partial charge in [-0.2, -0.15) is 0 Å². The summed E-state index contributed by atoms with van der Waals surface area (Å²) in [6, 6.07) is 10.1. The van der Waals surface area contributed by atoms with E-state index in [1.165, 1.54) is 0 Å². The van der Waals surface area contributed by atoms with Crippen molar-refractivity contribution in [2.24, 2.45) is 11.1 Å². The van der Waals surface area contributed by atoms with Crippen molar-refractivity contribution in [3.8, 4) is 0 Å². The summed E-state index contributed by atoms with van der Waals surface area (Å²) in [6.45, 7) is 9.82. The molecule has 0 spiro atoms. The SMILES string of the molecule is CCOC1CC(N)(C(=O)N2CC(C)OC(c3ccccc3)C2)C1(C)C.Cl. The summed E-state index contributed by atoms with van der Waals surface area (Å²) >= 11 is 0. The van der Waals surface area contributed by atoms with Crippen molar-refractivity contribution < 1.29 is 14.3 Å². The van der Waals surface area contributed by atoms with Crippen molar-refractivity contribution >= 4 is 18.3 Å². The molecule has 0 aromatic heterocycles. The van der Waals surface area contributed by atoms with E-state index in [1.807, 2.05) is 62.9 Å². The van der Waals surface area contributed by atoms with Gasteiger partial charge in [-0.15, -0.1) is 12.4 Å². The number of halogens is 1. The Kier molecular flexibility index (Phi) is 6.39. The van der Waals surface area contributed by atoms with E-state index >= 15 is 0 Å². The molecule has 4 unspecified atom stereocenters. The zero-order chi connectivity index (χ0) is 18.2. The molecule has 0 radical (unpaired) electrons. The number of benzene rings is 1. The van der Waals surface area contributed by atoms with Crippen LogP contribution in [0.5, 0.6) is 0 Å². The first-order valence-corrected chi connectivity index (χ1v) is 9.20. The Labute approximate surface area is 162 Å². The number of rotatable bonds is 4. The number of nitrogens with zero attached hydrogens (tertiary/aromatic N) is 1. The fourth-order valence-corrected chi connectivity index (χ4v) is 4.05. The van der Waals surface area contributed by atoms with Gasteiger partial charge in [0, 0.05) is 25.0 Å². The van der Waals surface area contributed by atoms with Crippen molar-refractivity contribution in [2.75, 3.05) is 19.7 Å². The van der Waals surface area contributed by atoms with Gasteiger partial charge in [-0.1, -0.05) is 44.2 Å². The molecule has 146 valence electrons. The van der Waals surface area contributed by atoms with Crippen molar-refractivity contribution in [1.82, 2.24) is 4.90 Å². The maximum atomic E-state index is 13.3. The summed E-state index contributed by atoms with van der Waals surface area (Å²) < 4.78 is 11.8. The molecule has 1 aliphatic heterocycles. The number of hydrogen-bond donors (Lipinski definition) is 1. The lowest BCUT2D eigenvalue weighted by Crippen LogP contribution is -2.76. The predicted molar refractivity (Wildman–Crippen MR) is 104 cm³/mol. The number of carbonyl (C=O) groups is 1. The second kappa shape index (κ2) is 7.85. The summed E-state index contributed by atoms with van der Waals surface area (Å²) in [5.74, 6) is 0.0181. The highest BCUT2D eigenvalue weighted by molar-refractivity contribution is 5.89. The molecule has 2 aliphatic rings. The minimum Gasteiger partial charge on any atom is -0.378 e. The third-order valence-corrected chi connectivity index (χ3v) is 5.93. The zero-order valence-electron chi connectivity index (χ0n) is 16.1. The van der Waals surface area contributed by atoms with Crippen LogP contribution in [0.4, 0.5) is 0 Å². The number of carbonyl (C=O) groups excluding carboxylic acids is 1.